The van der Waals surface area contributed by atoms with Gasteiger partial charge in [-0.2, -0.15) is 4.98 Å². The predicted octanol–water partition coefficient (Wildman–Crippen LogP) is 1.59. The number of hydrogen-bond donors (Lipinski definition) is 2. The Kier molecular flexibility index (Phi) is 5.26. The highest BCUT2D eigenvalue weighted by atomic mass is 32.2. The van der Waals surface area contributed by atoms with Crippen molar-refractivity contribution in [3.05, 3.63) is 60.5 Å². The zero-order valence-corrected chi connectivity index (χ0v) is 15.8. The summed E-state index contributed by atoms with van der Waals surface area (Å²) in [5, 5.41) is 3.80. The quantitative estimate of drug-likeness (QED) is 0.607. The van der Waals surface area contributed by atoms with Crippen molar-refractivity contribution >= 4 is 25.7 Å². The molecule has 142 valence electrons. The van der Waals surface area contributed by atoms with Crippen LogP contribution in [0.5, 0.6) is 0 Å². The third kappa shape index (κ3) is 5.12. The summed E-state index contributed by atoms with van der Waals surface area (Å²) in [6.07, 6.45) is 1.06. The van der Waals surface area contributed by atoms with Gasteiger partial charge in [0.2, 0.25) is 31.8 Å². The molecular weight excluding hydrogens is 392 g/mol. The summed E-state index contributed by atoms with van der Waals surface area (Å²) in [7, 11) is -7.04. The molecule has 0 bridgehead atoms. The van der Waals surface area contributed by atoms with Gasteiger partial charge in [0, 0.05) is 11.3 Å². The number of sulfonamides is 2. The lowest BCUT2D eigenvalue weighted by molar-refractivity contribution is 0.376. The second kappa shape index (κ2) is 7.47. The fraction of sp³-hybridized carbons (Fsp3) is 0.125. The van der Waals surface area contributed by atoms with E-state index in [4.69, 9.17) is 4.52 Å². The number of benzene rings is 2. The smallest absolute Gasteiger partial charge is 0.242 e. The molecule has 0 fully saturated rings. The van der Waals surface area contributed by atoms with Crippen molar-refractivity contribution < 1.29 is 21.4 Å². The first kappa shape index (κ1) is 19.0. The summed E-state index contributed by atoms with van der Waals surface area (Å²) < 4.78 is 56.6. The molecule has 0 saturated heterocycles. The van der Waals surface area contributed by atoms with Crippen LogP contribution < -0.4 is 9.44 Å². The Morgan fingerprint density at radius 3 is 2.26 bits per heavy atom. The van der Waals surface area contributed by atoms with Crippen molar-refractivity contribution in [2.24, 2.45) is 0 Å². The van der Waals surface area contributed by atoms with Gasteiger partial charge in [-0.3, -0.25) is 4.72 Å². The number of nitrogens with zero attached hydrogens (tertiary/aromatic N) is 2. The van der Waals surface area contributed by atoms with E-state index in [1.807, 2.05) is 0 Å². The Balaban J connectivity index is 1.68. The second-order valence-electron chi connectivity index (χ2n) is 5.60. The van der Waals surface area contributed by atoms with Gasteiger partial charge in [-0.1, -0.05) is 23.4 Å². The summed E-state index contributed by atoms with van der Waals surface area (Å²) in [5.74, 6) is 0.359. The van der Waals surface area contributed by atoms with Gasteiger partial charge in [-0.25, -0.2) is 21.6 Å². The van der Waals surface area contributed by atoms with Crippen molar-refractivity contribution in [3.63, 3.8) is 0 Å². The molecule has 3 rings (SSSR count). The largest absolute Gasteiger partial charge is 0.338 e. The van der Waals surface area contributed by atoms with Gasteiger partial charge in [-0.15, -0.1) is 0 Å². The molecule has 27 heavy (non-hydrogen) atoms. The standard InChI is InChI=1S/C16H16N4O5S2/c1-26(21,22)20-13-9-7-12(8-10-13)16-18-15(25-19-16)11-17-27(23,24)14-5-3-2-4-6-14/h2-10,17,20H,11H2,1H3. The average Bonchev–Trinajstić information content (AvgIpc) is 3.09. The molecule has 0 aliphatic carbocycles. The first-order chi connectivity index (χ1) is 12.7. The second-order valence-corrected chi connectivity index (χ2v) is 9.12. The van der Waals surface area contributed by atoms with Gasteiger partial charge in [0.1, 0.15) is 0 Å². The maximum absolute atomic E-state index is 12.2. The maximum atomic E-state index is 12.2. The lowest BCUT2D eigenvalue weighted by Crippen LogP contribution is -2.23. The van der Waals surface area contributed by atoms with Crippen molar-refractivity contribution in [1.29, 1.82) is 0 Å². The van der Waals surface area contributed by atoms with Crippen LogP contribution in [0.2, 0.25) is 0 Å². The summed E-state index contributed by atoms with van der Waals surface area (Å²) >= 11 is 0. The highest BCUT2D eigenvalue weighted by Crippen LogP contribution is 2.19. The summed E-state index contributed by atoms with van der Waals surface area (Å²) in [6, 6.07) is 14.3. The van der Waals surface area contributed by atoms with Gasteiger partial charge in [-0.05, 0) is 36.4 Å². The SMILES string of the molecule is CS(=O)(=O)Nc1ccc(-c2noc(CNS(=O)(=O)c3ccccc3)n2)cc1. The van der Waals surface area contributed by atoms with E-state index in [2.05, 4.69) is 19.6 Å². The van der Waals surface area contributed by atoms with Crippen LogP contribution in [0.15, 0.2) is 64.0 Å². The minimum atomic E-state index is -3.68. The molecule has 3 aromatic rings. The first-order valence-electron chi connectivity index (χ1n) is 7.68. The number of anilines is 1. The fourth-order valence-electron chi connectivity index (χ4n) is 2.19. The van der Waals surface area contributed by atoms with E-state index in [1.165, 1.54) is 12.1 Å². The normalized spacial score (nSPS) is 12.0. The molecule has 0 amide bonds. The van der Waals surface area contributed by atoms with Gasteiger partial charge in [0.05, 0.1) is 17.7 Å². The molecule has 1 aromatic heterocycles. The minimum Gasteiger partial charge on any atom is -0.338 e. The molecule has 0 radical (unpaired) electrons. The molecule has 0 aliphatic heterocycles. The number of rotatable bonds is 7. The van der Waals surface area contributed by atoms with E-state index in [0.717, 1.165) is 6.26 Å². The molecule has 9 nitrogen and oxygen atoms in total. The summed E-state index contributed by atoms with van der Waals surface area (Å²) in [4.78, 5) is 4.28. The Hall–Kier alpha value is -2.76. The molecule has 2 N–H and O–H groups in total. The Bertz CT molecular complexity index is 1130. The molecule has 1 heterocycles. The van der Waals surface area contributed by atoms with E-state index >= 15 is 0 Å². The first-order valence-corrected chi connectivity index (χ1v) is 11.1. The van der Waals surface area contributed by atoms with E-state index in [-0.39, 0.29) is 23.2 Å². The van der Waals surface area contributed by atoms with Crippen LogP contribution in [0.1, 0.15) is 5.89 Å². The molecule has 0 unspecified atom stereocenters. The average molecular weight is 408 g/mol. The highest BCUT2D eigenvalue weighted by molar-refractivity contribution is 7.92. The predicted molar refractivity (Wildman–Crippen MR) is 98.7 cm³/mol. The Morgan fingerprint density at radius 2 is 1.63 bits per heavy atom. The Labute approximate surface area is 156 Å². The number of aromatic nitrogens is 2. The molecule has 0 saturated carbocycles. The van der Waals surface area contributed by atoms with Gasteiger partial charge in [0.15, 0.2) is 0 Å². The van der Waals surface area contributed by atoms with Crippen molar-refractivity contribution in [3.8, 4) is 11.4 Å². The maximum Gasteiger partial charge on any atom is 0.242 e. The summed E-state index contributed by atoms with van der Waals surface area (Å²) in [5.41, 5.74) is 0.996. The zero-order valence-electron chi connectivity index (χ0n) is 14.2. The lowest BCUT2D eigenvalue weighted by atomic mass is 10.2. The van der Waals surface area contributed by atoms with E-state index < -0.39 is 20.0 Å². The van der Waals surface area contributed by atoms with Gasteiger partial charge < -0.3 is 4.52 Å². The topological polar surface area (TPSA) is 131 Å². The minimum absolute atomic E-state index is 0.0999. The lowest BCUT2D eigenvalue weighted by Gasteiger charge is -2.04. The van der Waals surface area contributed by atoms with Crippen LogP contribution in [-0.4, -0.2) is 33.2 Å². The van der Waals surface area contributed by atoms with Crippen LogP contribution >= 0.6 is 0 Å². The van der Waals surface area contributed by atoms with Crippen molar-refractivity contribution in [1.82, 2.24) is 14.9 Å². The van der Waals surface area contributed by atoms with Crippen molar-refractivity contribution in [2.45, 2.75) is 11.4 Å². The van der Waals surface area contributed by atoms with E-state index in [0.29, 0.717) is 11.3 Å². The van der Waals surface area contributed by atoms with E-state index in [1.54, 1.807) is 42.5 Å². The third-order valence-corrected chi connectivity index (χ3v) is 5.40. The molecule has 0 aliphatic rings. The van der Waals surface area contributed by atoms with Crippen LogP contribution in [0, 0.1) is 0 Å². The van der Waals surface area contributed by atoms with Crippen LogP contribution in [0.25, 0.3) is 11.4 Å². The summed E-state index contributed by atoms with van der Waals surface area (Å²) in [6.45, 7) is -0.155. The molecule has 2 aromatic carbocycles. The highest BCUT2D eigenvalue weighted by Gasteiger charge is 2.16. The van der Waals surface area contributed by atoms with Crippen LogP contribution in [0.3, 0.4) is 0 Å². The molecular formula is C16H16N4O5S2. The third-order valence-electron chi connectivity index (χ3n) is 3.38. The number of nitrogens with one attached hydrogen (secondary N) is 2. The number of hydrogen-bond acceptors (Lipinski definition) is 7. The molecule has 0 atom stereocenters. The van der Waals surface area contributed by atoms with E-state index in [9.17, 15) is 16.8 Å². The monoisotopic (exact) mass is 408 g/mol. The van der Waals surface area contributed by atoms with Crippen LogP contribution in [0.4, 0.5) is 5.69 Å². The Morgan fingerprint density at radius 1 is 0.963 bits per heavy atom. The molecule has 11 heteroatoms. The van der Waals surface area contributed by atoms with Gasteiger partial charge >= 0.3 is 0 Å². The molecule has 0 spiro atoms. The van der Waals surface area contributed by atoms with Gasteiger partial charge in [0.25, 0.3) is 0 Å². The van der Waals surface area contributed by atoms with Crippen LogP contribution in [-0.2, 0) is 26.6 Å². The fourth-order valence-corrected chi connectivity index (χ4v) is 3.74. The van der Waals surface area contributed by atoms with Crippen molar-refractivity contribution in [2.75, 3.05) is 11.0 Å². The zero-order chi connectivity index (χ0) is 19.5.